The summed E-state index contributed by atoms with van der Waals surface area (Å²) in [6.07, 6.45) is 3.50. The molecule has 0 saturated carbocycles. The number of hydrogen-bond acceptors (Lipinski definition) is 8. The van der Waals surface area contributed by atoms with Gasteiger partial charge in [-0.3, -0.25) is 9.29 Å². The lowest BCUT2D eigenvalue weighted by Gasteiger charge is -2.25. The molecule has 1 aliphatic rings. The van der Waals surface area contributed by atoms with Gasteiger partial charge in [0.25, 0.3) is 10.0 Å². The zero-order valence-corrected chi connectivity index (χ0v) is 18.7. The Morgan fingerprint density at radius 2 is 2.12 bits per heavy atom. The molecule has 11 heteroatoms. The Hall–Kier alpha value is -3.02. The van der Waals surface area contributed by atoms with Gasteiger partial charge in [0.2, 0.25) is 5.13 Å². The van der Waals surface area contributed by atoms with Crippen molar-refractivity contribution < 1.29 is 12.8 Å². The van der Waals surface area contributed by atoms with E-state index >= 15 is 0 Å². The quantitative estimate of drug-likeness (QED) is 0.444. The number of rotatable bonds is 6. The van der Waals surface area contributed by atoms with Crippen LogP contribution in [0.15, 0.2) is 62.9 Å². The molecule has 0 bridgehead atoms. The van der Waals surface area contributed by atoms with Crippen molar-refractivity contribution in [3.8, 4) is 0 Å². The van der Waals surface area contributed by atoms with Crippen molar-refractivity contribution in [3.05, 3.63) is 70.5 Å². The van der Waals surface area contributed by atoms with Crippen molar-refractivity contribution in [3.63, 3.8) is 0 Å². The molecule has 32 heavy (non-hydrogen) atoms. The second-order valence-electron chi connectivity index (χ2n) is 7.68. The van der Waals surface area contributed by atoms with Gasteiger partial charge in [0, 0.05) is 24.1 Å². The minimum Gasteiger partial charge on any atom is -0.408 e. The zero-order valence-electron chi connectivity index (χ0n) is 17.0. The van der Waals surface area contributed by atoms with Gasteiger partial charge >= 0.3 is 5.76 Å². The molecule has 1 fully saturated rings. The Balaban J connectivity index is 1.48. The number of aromatic nitrogens is 3. The van der Waals surface area contributed by atoms with Crippen LogP contribution in [0, 0.1) is 0 Å². The van der Waals surface area contributed by atoms with Gasteiger partial charge < -0.3 is 9.73 Å². The number of sulfonamides is 1. The first-order valence-electron chi connectivity index (χ1n) is 10.2. The highest BCUT2D eigenvalue weighted by atomic mass is 32.2. The van der Waals surface area contributed by atoms with E-state index in [-0.39, 0.29) is 15.6 Å². The van der Waals surface area contributed by atoms with Crippen LogP contribution < -0.4 is 15.8 Å². The third-order valence-corrected chi connectivity index (χ3v) is 7.70. The smallest absolute Gasteiger partial charge is 0.408 e. The maximum absolute atomic E-state index is 12.7. The SMILES string of the molecule is O=c1oc2cc(S(=O)(=O)Nc3ncns3)ccc2n1Cc1ccccc1C1CCCNC1. The molecule has 0 amide bonds. The molecule has 0 aliphatic carbocycles. The summed E-state index contributed by atoms with van der Waals surface area (Å²) in [5.41, 5.74) is 3.04. The van der Waals surface area contributed by atoms with Gasteiger partial charge in [-0.2, -0.15) is 4.37 Å². The summed E-state index contributed by atoms with van der Waals surface area (Å²) in [6, 6.07) is 12.5. The standard InChI is InChI=1S/C21H21N5O4S2/c27-21-26(12-15-4-1-2-6-17(15)14-5-3-9-22-11-14)18-8-7-16(10-19(18)30-21)32(28,29)25-20-23-13-24-31-20/h1-2,4,6-8,10,13-14,22H,3,5,9,11-12H2,(H,23,24,25). The number of anilines is 1. The third-order valence-electron chi connectivity index (χ3n) is 5.65. The van der Waals surface area contributed by atoms with E-state index in [1.54, 1.807) is 10.6 Å². The van der Waals surface area contributed by atoms with Crippen LogP contribution in [-0.4, -0.2) is 35.4 Å². The van der Waals surface area contributed by atoms with E-state index < -0.39 is 15.8 Å². The molecule has 9 nitrogen and oxygen atoms in total. The molecular weight excluding hydrogens is 450 g/mol. The second kappa shape index (κ2) is 8.49. The summed E-state index contributed by atoms with van der Waals surface area (Å²) in [5, 5.41) is 3.60. The Bertz CT molecular complexity index is 1400. The molecule has 0 radical (unpaired) electrons. The molecule has 0 spiro atoms. The van der Waals surface area contributed by atoms with Crippen LogP contribution in [0.3, 0.4) is 0 Å². The number of benzene rings is 2. The number of fused-ring (bicyclic) bond motifs is 1. The van der Waals surface area contributed by atoms with E-state index in [1.165, 1.54) is 24.0 Å². The van der Waals surface area contributed by atoms with Crippen molar-refractivity contribution in [1.82, 2.24) is 19.2 Å². The monoisotopic (exact) mass is 471 g/mol. The Morgan fingerprint density at radius 3 is 2.91 bits per heavy atom. The van der Waals surface area contributed by atoms with Gasteiger partial charge in [-0.15, -0.1) is 0 Å². The topological polar surface area (TPSA) is 119 Å². The van der Waals surface area contributed by atoms with E-state index in [2.05, 4.69) is 25.5 Å². The Labute approximate surface area is 188 Å². The number of oxazole rings is 1. The van der Waals surface area contributed by atoms with Crippen LogP contribution in [0.25, 0.3) is 11.1 Å². The second-order valence-corrected chi connectivity index (χ2v) is 10.1. The van der Waals surface area contributed by atoms with Gasteiger partial charge in [0.05, 0.1) is 17.0 Å². The van der Waals surface area contributed by atoms with Crippen LogP contribution >= 0.6 is 11.5 Å². The zero-order chi connectivity index (χ0) is 22.1. The van der Waals surface area contributed by atoms with E-state index in [4.69, 9.17) is 4.42 Å². The van der Waals surface area contributed by atoms with Crippen molar-refractivity contribution in [2.24, 2.45) is 0 Å². The fourth-order valence-corrected chi connectivity index (χ4v) is 5.80. The highest BCUT2D eigenvalue weighted by Gasteiger charge is 2.21. The largest absolute Gasteiger partial charge is 0.420 e. The third kappa shape index (κ3) is 4.06. The van der Waals surface area contributed by atoms with E-state index in [1.807, 2.05) is 18.2 Å². The van der Waals surface area contributed by atoms with E-state index in [0.29, 0.717) is 18.0 Å². The molecule has 2 aromatic carbocycles. The summed E-state index contributed by atoms with van der Waals surface area (Å²) in [5.74, 6) is -0.125. The highest BCUT2D eigenvalue weighted by molar-refractivity contribution is 7.93. The minimum absolute atomic E-state index is 0.0187. The molecule has 4 aromatic rings. The van der Waals surface area contributed by atoms with E-state index in [9.17, 15) is 13.2 Å². The molecule has 1 atom stereocenters. The highest BCUT2D eigenvalue weighted by Crippen LogP contribution is 2.28. The molecule has 166 valence electrons. The van der Waals surface area contributed by atoms with Crippen LogP contribution in [-0.2, 0) is 16.6 Å². The molecule has 5 rings (SSSR count). The first-order chi connectivity index (χ1) is 15.5. The minimum atomic E-state index is -3.88. The first kappa shape index (κ1) is 20.9. The van der Waals surface area contributed by atoms with Crippen molar-refractivity contribution in [1.29, 1.82) is 0 Å². The number of hydrogen-bond donors (Lipinski definition) is 2. The van der Waals surface area contributed by atoms with Crippen molar-refractivity contribution in [2.45, 2.75) is 30.2 Å². The average molecular weight is 472 g/mol. The van der Waals surface area contributed by atoms with Gasteiger partial charge in [-0.05, 0) is 48.6 Å². The Morgan fingerprint density at radius 1 is 1.25 bits per heavy atom. The van der Waals surface area contributed by atoms with Crippen molar-refractivity contribution >= 4 is 37.8 Å². The molecule has 2 aromatic heterocycles. The van der Waals surface area contributed by atoms with Gasteiger partial charge in [-0.1, -0.05) is 24.3 Å². The lowest BCUT2D eigenvalue weighted by Crippen LogP contribution is -2.29. The molecule has 1 saturated heterocycles. The Kier molecular flexibility index (Phi) is 5.53. The van der Waals surface area contributed by atoms with Crippen LogP contribution in [0.1, 0.15) is 29.9 Å². The van der Waals surface area contributed by atoms with Gasteiger partial charge in [0.1, 0.15) is 6.33 Å². The van der Waals surface area contributed by atoms with E-state index in [0.717, 1.165) is 43.0 Å². The lowest BCUT2D eigenvalue weighted by atomic mass is 9.88. The summed E-state index contributed by atoms with van der Waals surface area (Å²) >= 11 is 0.935. The molecular formula is C21H21N5O4S2. The number of nitrogens with one attached hydrogen (secondary N) is 2. The summed E-state index contributed by atoms with van der Waals surface area (Å²) in [6.45, 7) is 2.30. The molecule has 1 aliphatic heterocycles. The van der Waals surface area contributed by atoms with Crippen molar-refractivity contribution in [2.75, 3.05) is 17.8 Å². The van der Waals surface area contributed by atoms with Gasteiger partial charge in [-0.25, -0.2) is 18.2 Å². The van der Waals surface area contributed by atoms with Crippen LogP contribution in [0.4, 0.5) is 5.13 Å². The van der Waals surface area contributed by atoms with Crippen LogP contribution in [0.2, 0.25) is 0 Å². The molecule has 2 N–H and O–H groups in total. The number of piperidine rings is 1. The summed E-state index contributed by atoms with van der Waals surface area (Å²) in [4.78, 5) is 16.5. The summed E-state index contributed by atoms with van der Waals surface area (Å²) < 4.78 is 38.4. The predicted octanol–water partition coefficient (Wildman–Crippen LogP) is 2.76. The summed E-state index contributed by atoms with van der Waals surface area (Å²) in [7, 11) is -3.88. The lowest BCUT2D eigenvalue weighted by molar-refractivity contribution is 0.457. The maximum Gasteiger partial charge on any atom is 0.420 e. The fraction of sp³-hybridized carbons (Fsp3) is 0.286. The predicted molar refractivity (Wildman–Crippen MR) is 122 cm³/mol. The van der Waals surface area contributed by atoms with Gasteiger partial charge in [0.15, 0.2) is 5.58 Å². The fourth-order valence-electron chi connectivity index (χ4n) is 4.12. The average Bonchev–Trinajstić information content (AvgIpc) is 3.41. The normalized spacial score (nSPS) is 16.9. The maximum atomic E-state index is 12.7. The number of nitrogens with zero attached hydrogens (tertiary/aromatic N) is 3. The first-order valence-corrected chi connectivity index (χ1v) is 12.5. The molecule has 1 unspecified atom stereocenters. The molecule has 3 heterocycles. The van der Waals surface area contributed by atoms with Crippen LogP contribution in [0.5, 0.6) is 0 Å².